The van der Waals surface area contributed by atoms with Crippen LogP contribution in [0.2, 0.25) is 0 Å². The first-order valence-electron chi connectivity index (χ1n) is 6.56. The number of benzene rings is 1. The number of carboxylic acid groups (broad SMARTS) is 1. The highest BCUT2D eigenvalue weighted by atomic mass is 16.4. The summed E-state index contributed by atoms with van der Waals surface area (Å²) >= 11 is 0. The summed E-state index contributed by atoms with van der Waals surface area (Å²) in [6.45, 7) is 5.60. The van der Waals surface area contributed by atoms with Gasteiger partial charge in [0, 0.05) is 11.3 Å². The van der Waals surface area contributed by atoms with Crippen molar-refractivity contribution in [3.05, 3.63) is 52.5 Å². The van der Waals surface area contributed by atoms with Crippen molar-refractivity contribution in [2.75, 3.05) is 5.32 Å². The van der Waals surface area contributed by atoms with E-state index < -0.39 is 5.97 Å². The molecule has 0 bridgehead atoms. The number of carbonyl (C=O) groups is 2. The normalized spacial score (nSPS) is 10.4. The summed E-state index contributed by atoms with van der Waals surface area (Å²) in [6, 6.07) is 5.70. The van der Waals surface area contributed by atoms with Gasteiger partial charge in [-0.05, 0) is 32.4 Å². The van der Waals surface area contributed by atoms with E-state index >= 15 is 0 Å². The molecule has 0 aliphatic carbocycles. The lowest BCUT2D eigenvalue weighted by atomic mass is 10.1. The second-order valence-electron chi connectivity index (χ2n) is 5.06. The number of rotatable bonds is 4. The van der Waals surface area contributed by atoms with E-state index in [1.54, 1.807) is 6.92 Å². The lowest BCUT2D eigenvalue weighted by Gasteiger charge is -2.09. The van der Waals surface area contributed by atoms with Gasteiger partial charge < -0.3 is 14.8 Å². The van der Waals surface area contributed by atoms with Crippen molar-refractivity contribution in [2.24, 2.45) is 0 Å². The minimum Gasteiger partial charge on any atom is -0.481 e. The molecular formula is C16H17NO4. The Kier molecular flexibility index (Phi) is 4.12. The van der Waals surface area contributed by atoms with Gasteiger partial charge in [-0.15, -0.1) is 0 Å². The number of hydrogen-bond acceptors (Lipinski definition) is 3. The van der Waals surface area contributed by atoms with Crippen molar-refractivity contribution < 1.29 is 19.1 Å². The van der Waals surface area contributed by atoms with Gasteiger partial charge in [0.05, 0.1) is 11.8 Å². The molecule has 0 unspecified atom stereocenters. The first kappa shape index (κ1) is 14.8. The van der Waals surface area contributed by atoms with Crippen LogP contribution < -0.4 is 5.32 Å². The number of nitrogens with one attached hydrogen (secondary N) is 1. The van der Waals surface area contributed by atoms with Crippen LogP contribution in [0, 0.1) is 20.8 Å². The van der Waals surface area contributed by atoms with Gasteiger partial charge in [-0.1, -0.05) is 17.7 Å². The van der Waals surface area contributed by atoms with E-state index in [1.165, 1.54) is 6.26 Å². The first-order valence-corrected chi connectivity index (χ1v) is 6.56. The van der Waals surface area contributed by atoms with Crippen LogP contribution in [-0.4, -0.2) is 17.0 Å². The zero-order valence-electron chi connectivity index (χ0n) is 12.2. The van der Waals surface area contributed by atoms with Gasteiger partial charge in [-0.2, -0.15) is 0 Å². The highest BCUT2D eigenvalue weighted by molar-refractivity contribution is 6.06. The lowest BCUT2D eigenvalue weighted by Crippen LogP contribution is -2.16. The number of aryl methyl sites for hydroxylation is 3. The van der Waals surface area contributed by atoms with Gasteiger partial charge in [0.1, 0.15) is 12.2 Å². The van der Waals surface area contributed by atoms with Crippen LogP contribution in [0.25, 0.3) is 0 Å². The summed E-state index contributed by atoms with van der Waals surface area (Å²) in [4.78, 5) is 23.2. The number of carboxylic acids is 1. The Balaban J connectivity index is 2.28. The van der Waals surface area contributed by atoms with Gasteiger partial charge in [0.25, 0.3) is 5.91 Å². The maximum absolute atomic E-state index is 12.4. The summed E-state index contributed by atoms with van der Waals surface area (Å²) in [7, 11) is 0. The molecule has 1 amide bonds. The van der Waals surface area contributed by atoms with Crippen molar-refractivity contribution in [3.63, 3.8) is 0 Å². The predicted molar refractivity (Wildman–Crippen MR) is 78.7 cm³/mol. The molecule has 0 aliphatic rings. The summed E-state index contributed by atoms with van der Waals surface area (Å²) < 4.78 is 5.17. The summed E-state index contributed by atoms with van der Waals surface area (Å²) in [5.41, 5.74) is 3.67. The summed E-state index contributed by atoms with van der Waals surface area (Å²) in [6.07, 6.45) is 1.08. The average molecular weight is 287 g/mol. The standard InChI is InChI=1S/C16H17NO4/c1-9-4-5-12(10(2)6-9)17-16(20)15-11(3)8-21-13(15)7-14(18)19/h4-6,8H,7H2,1-3H3,(H,17,20)(H,18,19). The Morgan fingerprint density at radius 2 is 1.90 bits per heavy atom. The molecule has 0 saturated carbocycles. The maximum atomic E-state index is 12.4. The second-order valence-corrected chi connectivity index (χ2v) is 5.06. The third kappa shape index (κ3) is 3.31. The van der Waals surface area contributed by atoms with E-state index in [2.05, 4.69) is 5.32 Å². The molecule has 5 heteroatoms. The van der Waals surface area contributed by atoms with E-state index in [9.17, 15) is 9.59 Å². The van der Waals surface area contributed by atoms with Gasteiger partial charge in [0.15, 0.2) is 0 Å². The predicted octanol–water partition coefficient (Wildman–Crippen LogP) is 3.08. The molecule has 0 saturated heterocycles. The lowest BCUT2D eigenvalue weighted by molar-refractivity contribution is -0.136. The van der Waals surface area contributed by atoms with Crippen LogP contribution >= 0.6 is 0 Å². The molecule has 0 fully saturated rings. The molecule has 1 aromatic carbocycles. The van der Waals surface area contributed by atoms with Crippen molar-refractivity contribution >= 4 is 17.6 Å². The third-order valence-electron chi connectivity index (χ3n) is 3.22. The SMILES string of the molecule is Cc1ccc(NC(=O)c2c(C)coc2CC(=O)O)c(C)c1. The van der Waals surface area contributed by atoms with E-state index in [0.29, 0.717) is 11.3 Å². The fraction of sp³-hybridized carbons (Fsp3) is 0.250. The molecule has 0 atom stereocenters. The number of hydrogen-bond donors (Lipinski definition) is 2. The molecule has 1 heterocycles. The molecule has 5 nitrogen and oxygen atoms in total. The molecular weight excluding hydrogens is 270 g/mol. The van der Waals surface area contributed by atoms with E-state index in [1.807, 2.05) is 32.0 Å². The number of furan rings is 1. The quantitative estimate of drug-likeness (QED) is 0.905. The smallest absolute Gasteiger partial charge is 0.311 e. The van der Waals surface area contributed by atoms with Crippen molar-refractivity contribution in [1.29, 1.82) is 0 Å². The van der Waals surface area contributed by atoms with E-state index in [4.69, 9.17) is 9.52 Å². The number of amides is 1. The van der Waals surface area contributed by atoms with Crippen molar-refractivity contribution in [2.45, 2.75) is 27.2 Å². The first-order chi connectivity index (χ1) is 9.88. The molecule has 2 rings (SSSR count). The third-order valence-corrected chi connectivity index (χ3v) is 3.22. The number of anilines is 1. The fourth-order valence-electron chi connectivity index (χ4n) is 2.21. The highest BCUT2D eigenvalue weighted by Crippen LogP contribution is 2.21. The monoisotopic (exact) mass is 287 g/mol. The minimum atomic E-state index is -1.04. The van der Waals surface area contributed by atoms with Crippen LogP contribution in [0.3, 0.4) is 0 Å². The molecule has 110 valence electrons. The molecule has 2 N–H and O–H groups in total. The molecule has 1 aromatic heterocycles. The summed E-state index contributed by atoms with van der Waals surface area (Å²) in [5.74, 6) is -1.23. The van der Waals surface area contributed by atoms with Crippen LogP contribution in [0.15, 0.2) is 28.9 Å². The average Bonchev–Trinajstić information content (AvgIpc) is 2.73. The molecule has 0 spiro atoms. The van der Waals surface area contributed by atoms with Crippen LogP contribution in [0.1, 0.15) is 32.8 Å². The van der Waals surface area contributed by atoms with Crippen molar-refractivity contribution in [3.8, 4) is 0 Å². The van der Waals surface area contributed by atoms with E-state index in [-0.39, 0.29) is 23.7 Å². The molecule has 21 heavy (non-hydrogen) atoms. The van der Waals surface area contributed by atoms with Crippen LogP contribution in [0.5, 0.6) is 0 Å². The second kappa shape index (κ2) is 5.83. The molecule has 0 aliphatic heterocycles. The largest absolute Gasteiger partial charge is 0.481 e. The van der Waals surface area contributed by atoms with Crippen molar-refractivity contribution in [1.82, 2.24) is 0 Å². The van der Waals surface area contributed by atoms with Gasteiger partial charge >= 0.3 is 5.97 Å². The maximum Gasteiger partial charge on any atom is 0.311 e. The Labute approximate surface area is 122 Å². The Morgan fingerprint density at radius 1 is 1.19 bits per heavy atom. The van der Waals surface area contributed by atoms with Gasteiger partial charge in [-0.25, -0.2) is 0 Å². The Hall–Kier alpha value is -2.56. The Bertz CT molecular complexity index is 700. The van der Waals surface area contributed by atoms with Gasteiger partial charge in [-0.3, -0.25) is 9.59 Å². The number of aliphatic carboxylic acids is 1. The van der Waals surface area contributed by atoms with Gasteiger partial charge in [0.2, 0.25) is 0 Å². The summed E-state index contributed by atoms with van der Waals surface area (Å²) in [5, 5.41) is 11.7. The number of carbonyl (C=O) groups excluding carboxylic acids is 1. The zero-order valence-corrected chi connectivity index (χ0v) is 12.2. The van der Waals surface area contributed by atoms with E-state index in [0.717, 1.165) is 11.1 Å². The highest BCUT2D eigenvalue weighted by Gasteiger charge is 2.20. The van der Waals surface area contributed by atoms with Crippen LogP contribution in [-0.2, 0) is 11.2 Å². The topological polar surface area (TPSA) is 79.5 Å². The van der Waals surface area contributed by atoms with Crippen LogP contribution in [0.4, 0.5) is 5.69 Å². The fourth-order valence-corrected chi connectivity index (χ4v) is 2.21. The minimum absolute atomic E-state index is 0.169. The Morgan fingerprint density at radius 3 is 2.52 bits per heavy atom. The zero-order chi connectivity index (χ0) is 15.6. The molecule has 0 radical (unpaired) electrons. The molecule has 2 aromatic rings.